The van der Waals surface area contributed by atoms with Crippen molar-refractivity contribution in [3.05, 3.63) is 48.3 Å². The molecule has 0 radical (unpaired) electrons. The van der Waals surface area contributed by atoms with Gasteiger partial charge in [0.1, 0.15) is 24.5 Å². The molecule has 2 saturated carbocycles. The quantitative estimate of drug-likeness (QED) is 0.246. The minimum absolute atomic E-state index is 0.0400. The van der Waals surface area contributed by atoms with Crippen LogP contribution in [-0.4, -0.2) is 44.3 Å². The minimum Gasteiger partial charge on any atom is -0.405 e. The van der Waals surface area contributed by atoms with E-state index in [4.69, 9.17) is 4.98 Å². The summed E-state index contributed by atoms with van der Waals surface area (Å²) in [6.45, 7) is 3.31. The van der Waals surface area contributed by atoms with Gasteiger partial charge in [-0.1, -0.05) is 25.1 Å². The second-order valence-electron chi connectivity index (χ2n) is 10.6. The van der Waals surface area contributed by atoms with Gasteiger partial charge in [0.25, 0.3) is 0 Å². The Balaban J connectivity index is 1.51. The maximum Gasteiger partial charge on any atom is 0.573 e. The van der Waals surface area contributed by atoms with E-state index in [1.165, 1.54) is 12.1 Å². The zero-order chi connectivity index (χ0) is 27.7. The highest BCUT2D eigenvalue weighted by atomic mass is 31.2. The molecule has 2 heterocycles. The topological polar surface area (TPSA) is 79.0 Å². The Morgan fingerprint density at radius 3 is 2.51 bits per heavy atom. The van der Waals surface area contributed by atoms with Crippen molar-refractivity contribution in [3.63, 3.8) is 0 Å². The Hall–Kier alpha value is -3.39. The molecule has 2 aliphatic rings. The molecule has 0 unspecified atom stereocenters. The van der Waals surface area contributed by atoms with Crippen LogP contribution in [0.3, 0.4) is 0 Å². The molecule has 2 aromatic carbocycles. The maximum atomic E-state index is 13.5. The molecule has 0 saturated heterocycles. The number of hydrogen-bond donors (Lipinski definition) is 0. The van der Waals surface area contributed by atoms with Crippen LogP contribution in [0.1, 0.15) is 50.3 Å². The molecule has 39 heavy (non-hydrogen) atoms. The van der Waals surface area contributed by atoms with E-state index in [-0.39, 0.29) is 23.3 Å². The predicted octanol–water partition coefficient (Wildman–Crippen LogP) is 6.42. The zero-order valence-corrected chi connectivity index (χ0v) is 22.7. The van der Waals surface area contributed by atoms with Crippen LogP contribution in [0.15, 0.2) is 42.6 Å². The van der Waals surface area contributed by atoms with Crippen LogP contribution in [-0.2, 0) is 16.4 Å². The minimum atomic E-state index is -4.92. The van der Waals surface area contributed by atoms with E-state index in [1.807, 2.05) is 40.7 Å². The smallest absolute Gasteiger partial charge is 0.405 e. The summed E-state index contributed by atoms with van der Waals surface area (Å²) in [5.74, 6) is 0.377. The molecule has 0 spiro atoms. The lowest BCUT2D eigenvalue weighted by molar-refractivity contribution is -0.274. The van der Waals surface area contributed by atoms with E-state index in [0.717, 1.165) is 35.0 Å². The lowest BCUT2D eigenvalue weighted by Gasteiger charge is -2.23. The van der Waals surface area contributed by atoms with E-state index in [2.05, 4.69) is 9.84 Å². The van der Waals surface area contributed by atoms with Gasteiger partial charge in [0, 0.05) is 60.1 Å². The van der Waals surface area contributed by atoms with E-state index >= 15 is 0 Å². The van der Waals surface area contributed by atoms with E-state index in [1.54, 1.807) is 19.7 Å². The van der Waals surface area contributed by atoms with Crippen LogP contribution in [0.2, 0.25) is 0 Å². The molecule has 4 aromatic rings. The normalized spacial score (nSPS) is 17.8. The zero-order valence-electron chi connectivity index (χ0n) is 21.8. The number of imidazole rings is 1. The van der Waals surface area contributed by atoms with Crippen LogP contribution in [0.25, 0.3) is 33.5 Å². The van der Waals surface area contributed by atoms with Gasteiger partial charge in [0.05, 0.1) is 22.8 Å². The number of Topliss-reactive ketones (excluding diaryl/α,β-unsaturated/α-hetero) is 1. The summed E-state index contributed by atoms with van der Waals surface area (Å²) in [7, 11) is -1.03. The first-order valence-electron chi connectivity index (χ1n) is 13.0. The largest absolute Gasteiger partial charge is 0.573 e. The van der Waals surface area contributed by atoms with E-state index < -0.39 is 19.3 Å². The number of fused-ring (bicyclic) bond motifs is 1. The summed E-state index contributed by atoms with van der Waals surface area (Å²) in [4.78, 5) is 16.5. The number of nitrogens with zero attached hydrogens (tertiary/aromatic N) is 4. The lowest BCUT2D eigenvalue weighted by atomic mass is 9.92. The average molecular weight is 557 g/mol. The van der Waals surface area contributed by atoms with Gasteiger partial charge in [-0.2, -0.15) is 5.10 Å². The Morgan fingerprint density at radius 2 is 1.87 bits per heavy atom. The fraction of sp³-hybridized carbons (Fsp3) is 0.393. The molecule has 0 N–H and O–H groups in total. The molecule has 2 fully saturated rings. The molecule has 1 atom stereocenters. The van der Waals surface area contributed by atoms with Crippen molar-refractivity contribution in [2.24, 2.45) is 7.05 Å². The molecule has 2 aliphatic carbocycles. The third-order valence-electron chi connectivity index (χ3n) is 7.81. The fourth-order valence-electron chi connectivity index (χ4n) is 5.26. The van der Waals surface area contributed by atoms with Crippen molar-refractivity contribution in [1.82, 2.24) is 19.3 Å². The summed E-state index contributed by atoms with van der Waals surface area (Å²) >= 11 is 0. The molecule has 0 amide bonds. The van der Waals surface area contributed by atoms with Gasteiger partial charge < -0.3 is 13.9 Å². The number of ketones is 1. The Morgan fingerprint density at radius 1 is 1.13 bits per heavy atom. The molecule has 0 aliphatic heterocycles. The van der Waals surface area contributed by atoms with Gasteiger partial charge in [0.15, 0.2) is 0 Å². The summed E-state index contributed by atoms with van der Waals surface area (Å²) in [6, 6.07) is 10.2. The molecule has 0 bridgehead atoms. The van der Waals surface area contributed by atoms with Crippen molar-refractivity contribution in [2.75, 3.05) is 12.8 Å². The summed E-state index contributed by atoms with van der Waals surface area (Å²) in [5.41, 5.74) is 3.43. The van der Waals surface area contributed by atoms with Crippen LogP contribution >= 0.6 is 7.14 Å². The molecule has 204 valence electrons. The maximum absolute atomic E-state index is 13.5. The fourth-order valence-corrected chi connectivity index (χ4v) is 6.41. The second kappa shape index (κ2) is 9.08. The lowest BCUT2D eigenvalue weighted by Crippen LogP contribution is -2.26. The predicted molar refractivity (Wildman–Crippen MR) is 143 cm³/mol. The van der Waals surface area contributed by atoms with Gasteiger partial charge in [-0.25, -0.2) is 4.98 Å². The number of benzene rings is 2. The Bertz CT molecular complexity index is 1660. The summed E-state index contributed by atoms with van der Waals surface area (Å²) in [5, 5.41) is 5.89. The third-order valence-corrected chi connectivity index (χ3v) is 10.4. The van der Waals surface area contributed by atoms with E-state index in [9.17, 15) is 22.5 Å². The second-order valence-corrected chi connectivity index (χ2v) is 13.9. The summed E-state index contributed by atoms with van der Waals surface area (Å²) in [6.07, 6.45) is 0.188. The van der Waals surface area contributed by atoms with Crippen LogP contribution in [0.4, 0.5) is 13.2 Å². The highest BCUT2D eigenvalue weighted by Gasteiger charge is 2.36. The number of halogens is 3. The first-order chi connectivity index (χ1) is 18.4. The number of carbonyl (C=O) groups is 1. The highest BCUT2D eigenvalue weighted by molar-refractivity contribution is 7.70. The average Bonchev–Trinajstić information content (AvgIpc) is 3.50. The molecular formula is C28H28F3N4O3P. The van der Waals surface area contributed by atoms with Crippen molar-refractivity contribution in [1.29, 1.82) is 0 Å². The van der Waals surface area contributed by atoms with Gasteiger partial charge >= 0.3 is 6.36 Å². The van der Waals surface area contributed by atoms with Gasteiger partial charge in [-0.3, -0.25) is 9.48 Å². The number of hydrogen-bond acceptors (Lipinski definition) is 5. The van der Waals surface area contributed by atoms with Crippen molar-refractivity contribution in [2.45, 2.75) is 50.9 Å². The van der Waals surface area contributed by atoms with Crippen LogP contribution < -0.4 is 10.0 Å². The molecule has 11 heteroatoms. The molecule has 6 rings (SSSR count). The number of alkyl halides is 3. The van der Waals surface area contributed by atoms with Crippen LogP contribution in [0.5, 0.6) is 5.75 Å². The SMILES string of the molecule is CC[P@](C)(=O)c1ccc(-c2nc(-c3cccc4nn(C5CC(=O)C5)cc34)c(C3CC3)n2C)c(OC(F)(F)F)c1. The number of rotatable bonds is 7. The highest BCUT2D eigenvalue weighted by Crippen LogP contribution is 2.48. The van der Waals surface area contributed by atoms with Crippen molar-refractivity contribution >= 4 is 29.1 Å². The van der Waals surface area contributed by atoms with Crippen LogP contribution in [0, 0.1) is 0 Å². The van der Waals surface area contributed by atoms with Crippen molar-refractivity contribution < 1.29 is 27.3 Å². The Kier molecular flexibility index (Phi) is 6.02. The Labute approximate surface area is 223 Å². The van der Waals surface area contributed by atoms with Gasteiger partial charge in [0.2, 0.25) is 0 Å². The van der Waals surface area contributed by atoms with Gasteiger partial charge in [-0.15, -0.1) is 13.2 Å². The van der Waals surface area contributed by atoms with Gasteiger partial charge in [-0.05, 0) is 37.7 Å². The molecular weight excluding hydrogens is 528 g/mol. The third kappa shape index (κ3) is 4.69. The number of carbonyl (C=O) groups excluding carboxylic acids is 1. The first-order valence-corrected chi connectivity index (χ1v) is 15.3. The standard InChI is InChI=1S/C28H28F3N4O3P/c1-4-39(3,37)19-10-11-21(24(14-19)38-28(29,30)31)27-32-25(26(34(27)2)16-8-9-16)20-6-5-7-23-22(20)15-35(33-23)17-12-18(36)13-17/h5-7,10-11,14-17H,4,8-9,12-13H2,1-3H3/t39-/m0/s1. The molecule has 2 aromatic heterocycles. The number of ether oxygens (including phenoxy) is 1. The first kappa shape index (κ1) is 25.9. The van der Waals surface area contributed by atoms with Crippen molar-refractivity contribution in [3.8, 4) is 28.4 Å². The number of aromatic nitrogens is 4. The molecule has 7 nitrogen and oxygen atoms in total. The summed E-state index contributed by atoms with van der Waals surface area (Å²) < 4.78 is 61.6. The van der Waals surface area contributed by atoms with E-state index in [0.29, 0.717) is 35.8 Å². The monoisotopic (exact) mass is 556 g/mol.